The molecule has 1 aromatic carbocycles. The van der Waals surface area contributed by atoms with E-state index in [4.69, 9.17) is 14.2 Å². The van der Waals surface area contributed by atoms with Crippen molar-refractivity contribution in [2.24, 2.45) is 7.05 Å². The summed E-state index contributed by atoms with van der Waals surface area (Å²) >= 11 is 1.28. The van der Waals surface area contributed by atoms with Crippen LogP contribution in [0.1, 0.15) is 14.5 Å². The fourth-order valence-electron chi connectivity index (χ4n) is 3.42. The van der Waals surface area contributed by atoms with Gasteiger partial charge in [0.2, 0.25) is 0 Å². The van der Waals surface area contributed by atoms with Crippen molar-refractivity contribution in [3.63, 3.8) is 0 Å². The van der Waals surface area contributed by atoms with Crippen LogP contribution in [0.4, 0.5) is 0 Å². The molecule has 3 aromatic heterocycles. The van der Waals surface area contributed by atoms with Crippen LogP contribution in [0.25, 0.3) is 21.8 Å². The number of aryl methyl sites for hydroxylation is 1. The maximum absolute atomic E-state index is 13.2. The Labute approximate surface area is 169 Å². The summed E-state index contributed by atoms with van der Waals surface area (Å²) in [5.41, 5.74) is 1.17. The number of esters is 1. The molecule has 4 aromatic rings. The molecule has 3 heterocycles. The maximum atomic E-state index is 13.2. The number of benzene rings is 1. The third kappa shape index (κ3) is 3.03. The topological polar surface area (TPSA) is 84.6 Å². The zero-order chi connectivity index (χ0) is 20.7. The van der Waals surface area contributed by atoms with Crippen LogP contribution in [0.3, 0.4) is 0 Å². The van der Waals surface area contributed by atoms with E-state index in [2.05, 4.69) is 5.10 Å². The molecule has 0 atom stereocenters. The summed E-state index contributed by atoms with van der Waals surface area (Å²) in [5.74, 6) is 0.785. The van der Waals surface area contributed by atoms with E-state index in [1.165, 1.54) is 23.1 Å². The van der Waals surface area contributed by atoms with E-state index >= 15 is 0 Å². The summed E-state index contributed by atoms with van der Waals surface area (Å²) < 4.78 is 18.7. The molecule has 0 amide bonds. The number of hydrogen-bond donors (Lipinski definition) is 0. The van der Waals surface area contributed by atoms with Gasteiger partial charge in [0.1, 0.15) is 10.4 Å². The monoisotopic (exact) mass is 413 g/mol. The molecule has 0 N–H and O–H groups in total. The number of thiophene rings is 1. The van der Waals surface area contributed by atoms with Gasteiger partial charge in [0, 0.05) is 28.8 Å². The molecule has 8 nitrogen and oxygen atoms in total. The Balaban J connectivity index is 1.84. The van der Waals surface area contributed by atoms with Gasteiger partial charge in [-0.05, 0) is 18.2 Å². The Kier molecular flexibility index (Phi) is 4.75. The SMILES string of the molecule is COC(=O)c1ccc(Cn2ncc3c4cc(OC)c(OC)cc4n(C)c3c2=O)s1. The lowest BCUT2D eigenvalue weighted by molar-refractivity contribution is 0.0606. The highest BCUT2D eigenvalue weighted by Gasteiger charge is 2.18. The summed E-state index contributed by atoms with van der Waals surface area (Å²) in [6.45, 7) is 0.268. The Morgan fingerprint density at radius 2 is 1.83 bits per heavy atom. The number of fused-ring (bicyclic) bond motifs is 3. The van der Waals surface area contributed by atoms with Crippen LogP contribution in [0.5, 0.6) is 11.5 Å². The number of rotatable bonds is 5. The zero-order valence-corrected chi connectivity index (χ0v) is 17.2. The highest BCUT2D eigenvalue weighted by Crippen LogP contribution is 2.36. The standard InChI is InChI=1S/C20H19N3O5S/c1-22-14-8-16(27-3)15(26-2)7-12(14)13-9-21-23(19(24)18(13)22)10-11-5-6-17(29-11)20(25)28-4/h5-9H,10H2,1-4H3. The van der Waals surface area contributed by atoms with Crippen LogP contribution in [-0.4, -0.2) is 41.6 Å². The van der Waals surface area contributed by atoms with Crippen LogP contribution in [0, 0.1) is 0 Å². The number of methoxy groups -OCH3 is 3. The van der Waals surface area contributed by atoms with E-state index in [1.807, 2.05) is 23.7 Å². The van der Waals surface area contributed by atoms with Crippen molar-refractivity contribution < 1.29 is 19.0 Å². The smallest absolute Gasteiger partial charge is 0.348 e. The first-order chi connectivity index (χ1) is 14.0. The molecule has 0 unspecified atom stereocenters. The lowest BCUT2D eigenvalue weighted by Gasteiger charge is -2.08. The third-order valence-corrected chi connectivity index (χ3v) is 5.91. The summed E-state index contributed by atoms with van der Waals surface area (Å²) in [6.07, 6.45) is 1.68. The summed E-state index contributed by atoms with van der Waals surface area (Å²) in [5, 5.41) is 5.95. The van der Waals surface area contributed by atoms with Crippen molar-refractivity contribution >= 4 is 39.1 Å². The van der Waals surface area contributed by atoms with E-state index in [-0.39, 0.29) is 12.1 Å². The minimum Gasteiger partial charge on any atom is -0.493 e. The molecule has 0 aliphatic rings. The fourth-order valence-corrected chi connectivity index (χ4v) is 4.32. The Morgan fingerprint density at radius 1 is 1.10 bits per heavy atom. The lowest BCUT2D eigenvalue weighted by atomic mass is 10.2. The Bertz CT molecular complexity index is 1300. The molecular formula is C20H19N3O5S. The molecular weight excluding hydrogens is 394 g/mol. The largest absolute Gasteiger partial charge is 0.493 e. The molecule has 0 fully saturated rings. The fraction of sp³-hybridized carbons (Fsp3) is 0.250. The lowest BCUT2D eigenvalue weighted by Crippen LogP contribution is -2.24. The molecule has 9 heteroatoms. The van der Waals surface area contributed by atoms with Gasteiger partial charge in [-0.1, -0.05) is 0 Å². The molecule has 0 radical (unpaired) electrons. The maximum Gasteiger partial charge on any atom is 0.348 e. The van der Waals surface area contributed by atoms with Crippen LogP contribution < -0.4 is 15.0 Å². The van der Waals surface area contributed by atoms with Gasteiger partial charge in [0.25, 0.3) is 5.56 Å². The van der Waals surface area contributed by atoms with Gasteiger partial charge in [-0.15, -0.1) is 11.3 Å². The predicted molar refractivity (Wildman–Crippen MR) is 110 cm³/mol. The van der Waals surface area contributed by atoms with E-state index in [0.29, 0.717) is 21.9 Å². The average Bonchev–Trinajstić information content (AvgIpc) is 3.31. The van der Waals surface area contributed by atoms with Gasteiger partial charge in [-0.25, -0.2) is 9.48 Å². The minimum atomic E-state index is -0.395. The highest BCUT2D eigenvalue weighted by molar-refractivity contribution is 7.13. The van der Waals surface area contributed by atoms with Crippen molar-refractivity contribution in [2.75, 3.05) is 21.3 Å². The van der Waals surface area contributed by atoms with Gasteiger partial charge in [0.05, 0.1) is 39.6 Å². The number of carbonyl (C=O) groups excluding carboxylic acids is 1. The first-order valence-electron chi connectivity index (χ1n) is 8.75. The van der Waals surface area contributed by atoms with Crippen molar-refractivity contribution in [1.29, 1.82) is 0 Å². The molecule has 0 aliphatic heterocycles. The first kappa shape index (κ1) is 19.0. The first-order valence-corrected chi connectivity index (χ1v) is 9.57. The van der Waals surface area contributed by atoms with Crippen LogP contribution in [0.2, 0.25) is 0 Å². The number of aromatic nitrogens is 3. The van der Waals surface area contributed by atoms with E-state index in [0.717, 1.165) is 21.2 Å². The summed E-state index contributed by atoms with van der Waals surface area (Å²) in [4.78, 5) is 26.1. The zero-order valence-electron chi connectivity index (χ0n) is 16.4. The number of carbonyl (C=O) groups is 1. The van der Waals surface area contributed by atoms with Gasteiger partial charge in [0.15, 0.2) is 11.5 Å². The van der Waals surface area contributed by atoms with Crippen molar-refractivity contribution in [2.45, 2.75) is 6.54 Å². The van der Waals surface area contributed by atoms with Crippen molar-refractivity contribution in [1.82, 2.24) is 14.3 Å². The third-order valence-electron chi connectivity index (χ3n) is 4.86. The van der Waals surface area contributed by atoms with Gasteiger partial charge in [-0.2, -0.15) is 5.10 Å². The van der Waals surface area contributed by atoms with Crippen LogP contribution in [0.15, 0.2) is 35.3 Å². The quantitative estimate of drug-likeness (QED) is 0.468. The van der Waals surface area contributed by atoms with E-state index in [1.54, 1.807) is 32.5 Å². The predicted octanol–water partition coefficient (Wildman–Crippen LogP) is 2.80. The summed E-state index contributed by atoms with van der Waals surface area (Å²) in [7, 11) is 6.32. The van der Waals surface area contributed by atoms with Crippen LogP contribution >= 0.6 is 11.3 Å². The molecule has 0 aliphatic carbocycles. The molecule has 0 saturated carbocycles. The van der Waals surface area contributed by atoms with Gasteiger partial charge >= 0.3 is 5.97 Å². The Hall–Kier alpha value is -3.33. The van der Waals surface area contributed by atoms with Gasteiger partial charge in [-0.3, -0.25) is 4.79 Å². The number of nitrogens with zero attached hydrogens (tertiary/aromatic N) is 3. The molecule has 29 heavy (non-hydrogen) atoms. The normalized spacial score (nSPS) is 11.2. The molecule has 0 saturated heterocycles. The average molecular weight is 413 g/mol. The van der Waals surface area contributed by atoms with Crippen molar-refractivity contribution in [3.05, 3.63) is 50.6 Å². The van der Waals surface area contributed by atoms with Gasteiger partial charge < -0.3 is 18.8 Å². The van der Waals surface area contributed by atoms with E-state index in [9.17, 15) is 9.59 Å². The second-order valence-electron chi connectivity index (χ2n) is 6.41. The molecule has 150 valence electrons. The second kappa shape index (κ2) is 7.25. The number of hydrogen-bond acceptors (Lipinski definition) is 7. The summed E-state index contributed by atoms with van der Waals surface area (Å²) in [6, 6.07) is 7.18. The number of ether oxygens (including phenoxy) is 3. The highest BCUT2D eigenvalue weighted by atomic mass is 32.1. The Morgan fingerprint density at radius 3 is 2.52 bits per heavy atom. The van der Waals surface area contributed by atoms with Crippen LogP contribution in [-0.2, 0) is 18.3 Å². The second-order valence-corrected chi connectivity index (χ2v) is 7.58. The molecule has 0 bridgehead atoms. The molecule has 0 spiro atoms. The molecule has 4 rings (SSSR count). The van der Waals surface area contributed by atoms with Crippen molar-refractivity contribution in [3.8, 4) is 11.5 Å². The minimum absolute atomic E-state index is 0.216. The van der Waals surface area contributed by atoms with E-state index < -0.39 is 5.97 Å².